The number of aryl methyl sites for hydroxylation is 2. The molecule has 0 atom stereocenters. The van der Waals surface area contributed by atoms with Crippen LogP contribution in [0.5, 0.6) is 0 Å². The minimum Gasteiger partial charge on any atom is -0.395 e. The summed E-state index contributed by atoms with van der Waals surface area (Å²) in [4.78, 5) is 13.7. The second-order valence-corrected chi connectivity index (χ2v) is 6.75. The Balaban J connectivity index is 1.93. The van der Waals surface area contributed by atoms with Gasteiger partial charge in [0.1, 0.15) is 16.5 Å². The van der Waals surface area contributed by atoms with Gasteiger partial charge < -0.3 is 10.8 Å². The fourth-order valence-corrected chi connectivity index (χ4v) is 4.35. The molecule has 6 heteroatoms. The van der Waals surface area contributed by atoms with Gasteiger partial charge in [-0.05, 0) is 31.2 Å². The number of aromatic nitrogens is 2. The van der Waals surface area contributed by atoms with Gasteiger partial charge in [0.05, 0.1) is 18.5 Å². The molecule has 0 bridgehead atoms. The van der Waals surface area contributed by atoms with Gasteiger partial charge in [0.15, 0.2) is 0 Å². The van der Waals surface area contributed by atoms with E-state index in [0.29, 0.717) is 25.5 Å². The van der Waals surface area contributed by atoms with Crippen molar-refractivity contribution in [1.82, 2.24) is 14.9 Å². The summed E-state index contributed by atoms with van der Waals surface area (Å²) in [6.45, 7) is 5.71. The second kappa shape index (κ2) is 6.73. The molecular formula is C16H22N4OS. The quantitative estimate of drug-likeness (QED) is 0.798. The SMILES string of the molecule is C=CCN(CCO)Cc1nc(N)c2c3c(sc2n1)CCCC3. The van der Waals surface area contributed by atoms with Crippen molar-refractivity contribution in [2.24, 2.45) is 0 Å². The van der Waals surface area contributed by atoms with Crippen LogP contribution < -0.4 is 5.73 Å². The molecule has 0 amide bonds. The molecule has 3 N–H and O–H groups in total. The first kappa shape index (κ1) is 15.4. The number of anilines is 1. The van der Waals surface area contributed by atoms with E-state index in [4.69, 9.17) is 15.8 Å². The molecule has 22 heavy (non-hydrogen) atoms. The van der Waals surface area contributed by atoms with E-state index in [1.54, 1.807) is 11.3 Å². The second-order valence-electron chi connectivity index (χ2n) is 5.66. The molecule has 5 nitrogen and oxygen atoms in total. The van der Waals surface area contributed by atoms with E-state index < -0.39 is 0 Å². The number of nitrogens with zero attached hydrogens (tertiary/aromatic N) is 3. The highest BCUT2D eigenvalue weighted by Gasteiger charge is 2.20. The van der Waals surface area contributed by atoms with Crippen molar-refractivity contribution in [2.45, 2.75) is 32.2 Å². The molecule has 0 radical (unpaired) electrons. The highest BCUT2D eigenvalue weighted by atomic mass is 32.1. The van der Waals surface area contributed by atoms with Crippen LogP contribution in [-0.2, 0) is 19.4 Å². The van der Waals surface area contributed by atoms with Gasteiger partial charge in [-0.3, -0.25) is 4.90 Å². The smallest absolute Gasteiger partial charge is 0.146 e. The molecule has 2 aromatic rings. The molecule has 2 heterocycles. The van der Waals surface area contributed by atoms with E-state index in [2.05, 4.69) is 16.5 Å². The summed E-state index contributed by atoms with van der Waals surface area (Å²) in [5.74, 6) is 1.32. The van der Waals surface area contributed by atoms with Crippen molar-refractivity contribution in [3.63, 3.8) is 0 Å². The van der Waals surface area contributed by atoms with Gasteiger partial charge in [-0.25, -0.2) is 9.97 Å². The number of nitrogen functional groups attached to an aromatic ring is 1. The number of rotatable bonds is 6. The van der Waals surface area contributed by atoms with E-state index in [-0.39, 0.29) is 6.61 Å². The van der Waals surface area contributed by atoms with Crippen molar-refractivity contribution >= 4 is 27.4 Å². The van der Waals surface area contributed by atoms with Crippen LogP contribution in [0, 0.1) is 0 Å². The summed E-state index contributed by atoms with van der Waals surface area (Å²) in [7, 11) is 0. The lowest BCUT2D eigenvalue weighted by Crippen LogP contribution is -2.27. The average molecular weight is 318 g/mol. The van der Waals surface area contributed by atoms with Gasteiger partial charge in [0, 0.05) is 18.0 Å². The molecule has 0 aromatic carbocycles. The van der Waals surface area contributed by atoms with E-state index in [9.17, 15) is 0 Å². The molecule has 1 aliphatic rings. The Hall–Kier alpha value is -1.50. The number of aliphatic hydroxyl groups excluding tert-OH is 1. The van der Waals surface area contributed by atoms with Crippen LogP contribution in [0.15, 0.2) is 12.7 Å². The van der Waals surface area contributed by atoms with Crippen LogP contribution in [0.4, 0.5) is 5.82 Å². The largest absolute Gasteiger partial charge is 0.395 e. The lowest BCUT2D eigenvalue weighted by atomic mass is 9.97. The van der Waals surface area contributed by atoms with Gasteiger partial charge in [-0.1, -0.05) is 6.08 Å². The first-order chi connectivity index (χ1) is 10.7. The van der Waals surface area contributed by atoms with Crippen molar-refractivity contribution < 1.29 is 5.11 Å². The third-order valence-corrected chi connectivity index (χ3v) is 5.24. The van der Waals surface area contributed by atoms with E-state index in [1.807, 2.05) is 6.08 Å². The summed E-state index contributed by atoms with van der Waals surface area (Å²) in [5, 5.41) is 10.2. The number of hydrogen-bond acceptors (Lipinski definition) is 6. The van der Waals surface area contributed by atoms with Crippen LogP contribution in [0.1, 0.15) is 29.1 Å². The van der Waals surface area contributed by atoms with Crippen LogP contribution in [-0.4, -0.2) is 39.7 Å². The van der Waals surface area contributed by atoms with Crippen LogP contribution in [0.3, 0.4) is 0 Å². The third kappa shape index (κ3) is 2.99. The lowest BCUT2D eigenvalue weighted by molar-refractivity contribution is 0.201. The summed E-state index contributed by atoms with van der Waals surface area (Å²) in [6, 6.07) is 0. The zero-order valence-corrected chi connectivity index (χ0v) is 13.5. The van der Waals surface area contributed by atoms with E-state index in [1.165, 1.54) is 23.3 Å². The van der Waals surface area contributed by atoms with Crippen molar-refractivity contribution in [3.05, 3.63) is 28.9 Å². The molecule has 0 saturated carbocycles. The summed E-state index contributed by atoms with van der Waals surface area (Å²) in [6.07, 6.45) is 6.53. The number of fused-ring (bicyclic) bond motifs is 3. The Labute approximate surface area is 134 Å². The monoisotopic (exact) mass is 318 g/mol. The highest BCUT2D eigenvalue weighted by molar-refractivity contribution is 7.19. The van der Waals surface area contributed by atoms with Crippen LogP contribution in [0.25, 0.3) is 10.2 Å². The maximum atomic E-state index is 9.14. The maximum absolute atomic E-state index is 9.14. The summed E-state index contributed by atoms with van der Waals surface area (Å²) >= 11 is 1.76. The topological polar surface area (TPSA) is 75.3 Å². The van der Waals surface area contributed by atoms with Crippen LogP contribution >= 0.6 is 11.3 Å². The van der Waals surface area contributed by atoms with Gasteiger partial charge in [0.2, 0.25) is 0 Å². The first-order valence-electron chi connectivity index (χ1n) is 7.73. The minimum absolute atomic E-state index is 0.110. The van der Waals surface area contributed by atoms with Gasteiger partial charge in [-0.15, -0.1) is 17.9 Å². The van der Waals surface area contributed by atoms with Gasteiger partial charge >= 0.3 is 0 Å². The van der Waals surface area contributed by atoms with Crippen LogP contribution in [0.2, 0.25) is 0 Å². The van der Waals surface area contributed by atoms with Crippen molar-refractivity contribution in [3.8, 4) is 0 Å². The summed E-state index contributed by atoms with van der Waals surface area (Å²) < 4.78 is 0. The standard InChI is InChI=1S/C16H22N4OS/c1-2-7-20(8-9-21)10-13-18-15(17)14-11-5-3-4-6-12(11)22-16(14)19-13/h2,21H,1,3-10H2,(H2,17,18,19). The summed E-state index contributed by atoms with van der Waals surface area (Å²) in [5.41, 5.74) is 7.59. The normalized spacial score (nSPS) is 14.5. The molecule has 0 spiro atoms. The molecule has 0 unspecified atom stereocenters. The molecule has 118 valence electrons. The zero-order valence-electron chi connectivity index (χ0n) is 12.7. The zero-order chi connectivity index (χ0) is 15.5. The van der Waals surface area contributed by atoms with Crippen molar-refractivity contribution in [2.75, 3.05) is 25.4 Å². The molecule has 2 aromatic heterocycles. The van der Waals surface area contributed by atoms with Gasteiger partial charge in [-0.2, -0.15) is 0 Å². The molecule has 0 aliphatic heterocycles. The third-order valence-electron chi connectivity index (χ3n) is 4.06. The predicted octanol–water partition coefficient (Wildman–Crippen LogP) is 2.13. The molecular weight excluding hydrogens is 296 g/mol. The minimum atomic E-state index is 0.110. The first-order valence-corrected chi connectivity index (χ1v) is 8.55. The molecule has 1 aliphatic carbocycles. The Kier molecular flexibility index (Phi) is 4.71. The Morgan fingerprint density at radius 2 is 2.14 bits per heavy atom. The lowest BCUT2D eigenvalue weighted by Gasteiger charge is -2.18. The number of thiophene rings is 1. The average Bonchev–Trinajstić information content (AvgIpc) is 2.86. The molecule has 3 rings (SSSR count). The Bertz CT molecular complexity index is 682. The van der Waals surface area contributed by atoms with Crippen molar-refractivity contribution in [1.29, 1.82) is 0 Å². The number of aliphatic hydroxyl groups is 1. The number of hydrogen-bond donors (Lipinski definition) is 2. The fourth-order valence-electron chi connectivity index (χ4n) is 3.06. The molecule has 0 fully saturated rings. The highest BCUT2D eigenvalue weighted by Crippen LogP contribution is 2.37. The van der Waals surface area contributed by atoms with Gasteiger partial charge in [0.25, 0.3) is 0 Å². The fraction of sp³-hybridized carbons (Fsp3) is 0.500. The Morgan fingerprint density at radius 3 is 2.91 bits per heavy atom. The molecule has 0 saturated heterocycles. The van der Waals surface area contributed by atoms with E-state index >= 15 is 0 Å². The Morgan fingerprint density at radius 1 is 1.32 bits per heavy atom. The van der Waals surface area contributed by atoms with E-state index in [0.717, 1.165) is 28.9 Å². The predicted molar refractivity (Wildman–Crippen MR) is 91.0 cm³/mol. The maximum Gasteiger partial charge on any atom is 0.146 e. The number of nitrogens with two attached hydrogens (primary N) is 1.